The zero-order chi connectivity index (χ0) is 20.8. The van der Waals surface area contributed by atoms with Gasteiger partial charge in [0.1, 0.15) is 17.9 Å². The third-order valence-electron chi connectivity index (χ3n) is 3.92. The van der Waals surface area contributed by atoms with Gasteiger partial charge in [-0.3, -0.25) is 9.35 Å². The molecular weight excluding hydrogens is 396 g/mol. The van der Waals surface area contributed by atoms with Gasteiger partial charge in [-0.05, 0) is 30.3 Å². The summed E-state index contributed by atoms with van der Waals surface area (Å²) in [6.07, 6.45) is 1.36. The summed E-state index contributed by atoms with van der Waals surface area (Å²) in [5, 5.41) is 3.81. The summed E-state index contributed by atoms with van der Waals surface area (Å²) >= 11 is -2.47. The minimum atomic E-state index is -2.47. The van der Waals surface area contributed by atoms with Gasteiger partial charge in [0.2, 0.25) is 0 Å². The van der Waals surface area contributed by atoms with E-state index < -0.39 is 17.3 Å². The average molecular weight is 414 g/mol. The molecule has 2 N–H and O–H groups in total. The molecule has 1 unspecified atom stereocenters. The lowest BCUT2D eigenvalue weighted by molar-refractivity contribution is 0.102. The quantitative estimate of drug-likeness (QED) is 0.448. The van der Waals surface area contributed by atoms with Crippen LogP contribution in [-0.4, -0.2) is 38.8 Å². The molecule has 0 bridgehead atoms. The second kappa shape index (κ2) is 9.24. The maximum absolute atomic E-state index is 12.6. The topological polar surface area (TPSA) is 114 Å². The number of amides is 1. The number of nitrogens with one attached hydrogen (secondary N) is 1. The highest BCUT2D eigenvalue weighted by Gasteiger charge is 2.12. The smallest absolute Gasteiger partial charge is 0.325 e. The lowest BCUT2D eigenvalue weighted by Gasteiger charge is -2.16. The molecule has 0 saturated heterocycles. The molecule has 0 spiro atoms. The average Bonchev–Trinajstić information content (AvgIpc) is 2.73. The van der Waals surface area contributed by atoms with Crippen molar-refractivity contribution in [1.29, 1.82) is 0 Å². The number of hydrogen-bond donors (Lipinski definition) is 2. The fourth-order valence-corrected chi connectivity index (χ4v) is 2.81. The van der Waals surface area contributed by atoms with Crippen molar-refractivity contribution in [2.75, 3.05) is 24.5 Å². The highest BCUT2D eigenvalue weighted by Crippen LogP contribution is 2.23. The molecule has 150 valence electrons. The molecule has 9 nitrogen and oxygen atoms in total. The van der Waals surface area contributed by atoms with Gasteiger partial charge in [0.15, 0.2) is 0 Å². The Kier molecular flexibility index (Phi) is 6.50. The Morgan fingerprint density at radius 2 is 1.93 bits per heavy atom. The molecular formula is C19H18N4O5S. The maximum atomic E-state index is 12.6. The molecule has 0 fully saturated rings. The molecule has 1 heterocycles. The van der Waals surface area contributed by atoms with E-state index in [1.54, 1.807) is 31.4 Å². The van der Waals surface area contributed by atoms with Crippen molar-refractivity contribution < 1.29 is 22.6 Å². The van der Waals surface area contributed by atoms with Crippen LogP contribution in [0.5, 0.6) is 5.75 Å². The van der Waals surface area contributed by atoms with Crippen molar-refractivity contribution in [3.63, 3.8) is 0 Å². The molecule has 2 aromatic carbocycles. The second-order valence-corrected chi connectivity index (χ2v) is 6.40. The molecule has 0 saturated carbocycles. The van der Waals surface area contributed by atoms with Crippen molar-refractivity contribution in [1.82, 2.24) is 9.97 Å². The van der Waals surface area contributed by atoms with Gasteiger partial charge in [0.25, 0.3) is 5.91 Å². The number of ether oxygens (including phenoxy) is 1. The van der Waals surface area contributed by atoms with E-state index in [9.17, 15) is 9.00 Å². The van der Waals surface area contributed by atoms with Gasteiger partial charge in [-0.1, -0.05) is 18.2 Å². The van der Waals surface area contributed by atoms with Crippen LogP contribution >= 0.6 is 0 Å². The predicted molar refractivity (Wildman–Crippen MR) is 109 cm³/mol. The number of anilines is 2. The molecule has 3 rings (SSSR count). The fraction of sp³-hybridized carbons (Fsp3) is 0.105. The number of methoxy groups -OCH3 is 1. The Balaban J connectivity index is 1.78. The molecule has 0 radical (unpaired) electrons. The maximum Gasteiger partial charge on any atom is 0.325 e. The Morgan fingerprint density at radius 3 is 2.69 bits per heavy atom. The van der Waals surface area contributed by atoms with Crippen LogP contribution < -0.4 is 15.1 Å². The second-order valence-electron chi connectivity index (χ2n) is 5.81. The summed E-state index contributed by atoms with van der Waals surface area (Å²) in [4.78, 5) is 20.9. The number of hydrogen-bond acceptors (Lipinski definition) is 7. The lowest BCUT2D eigenvalue weighted by Crippen LogP contribution is -2.20. The molecule has 3 aromatic rings. The summed E-state index contributed by atoms with van der Waals surface area (Å²) in [6.45, 7) is 0. The first-order chi connectivity index (χ1) is 14.0. The predicted octanol–water partition coefficient (Wildman–Crippen LogP) is 2.91. The number of nitrogens with zero attached hydrogens (tertiary/aromatic N) is 3. The fourth-order valence-electron chi connectivity index (χ4n) is 2.54. The standard InChI is InChI=1S/C19H18N4O5S/c1-23(28-29(25)26)15-7-3-6-14(9-15)19(24)22-18-11-17(20-12-21-18)13-5-4-8-16(10-13)27-2/h3-12H,1-2H3,(H,25,26)(H,20,21,22,24). The SMILES string of the molecule is COc1cccc(-c2cc(NC(=O)c3cccc(N(C)OS(=O)O)c3)ncn2)c1. The van der Waals surface area contributed by atoms with Gasteiger partial charge in [-0.2, -0.15) is 4.21 Å². The summed E-state index contributed by atoms with van der Waals surface area (Å²) in [5.41, 5.74) is 2.20. The summed E-state index contributed by atoms with van der Waals surface area (Å²) in [5.74, 6) is 0.619. The third kappa shape index (κ3) is 5.35. The molecule has 10 heteroatoms. The number of benzene rings is 2. The van der Waals surface area contributed by atoms with E-state index in [1.165, 1.54) is 19.4 Å². The Labute approximate surface area is 169 Å². The number of hydroxylamine groups is 1. The van der Waals surface area contributed by atoms with Crippen molar-refractivity contribution in [3.8, 4) is 17.0 Å². The van der Waals surface area contributed by atoms with Gasteiger partial charge >= 0.3 is 11.4 Å². The largest absolute Gasteiger partial charge is 0.497 e. The highest BCUT2D eigenvalue weighted by atomic mass is 32.2. The molecule has 1 atom stereocenters. The normalized spacial score (nSPS) is 11.6. The van der Waals surface area contributed by atoms with E-state index in [4.69, 9.17) is 9.29 Å². The molecule has 1 amide bonds. The molecule has 0 aliphatic heterocycles. The first-order valence-corrected chi connectivity index (χ1v) is 9.40. The Bertz CT molecular complexity index is 1050. The zero-order valence-electron chi connectivity index (χ0n) is 15.6. The highest BCUT2D eigenvalue weighted by molar-refractivity contribution is 7.74. The van der Waals surface area contributed by atoms with Crippen LogP contribution in [0.4, 0.5) is 11.5 Å². The zero-order valence-corrected chi connectivity index (χ0v) is 16.4. The van der Waals surface area contributed by atoms with Crippen LogP contribution in [0.25, 0.3) is 11.3 Å². The van der Waals surface area contributed by atoms with Gasteiger partial charge in [-0.15, -0.1) is 4.28 Å². The van der Waals surface area contributed by atoms with E-state index in [0.717, 1.165) is 10.6 Å². The minimum absolute atomic E-state index is 0.322. The lowest BCUT2D eigenvalue weighted by atomic mass is 10.1. The summed E-state index contributed by atoms with van der Waals surface area (Å²) in [6, 6.07) is 15.4. The van der Waals surface area contributed by atoms with Crippen molar-refractivity contribution >= 4 is 28.8 Å². The van der Waals surface area contributed by atoms with E-state index in [2.05, 4.69) is 19.6 Å². The van der Waals surface area contributed by atoms with Gasteiger partial charge in [0.05, 0.1) is 18.5 Å². The first kappa shape index (κ1) is 20.4. The van der Waals surface area contributed by atoms with E-state index in [1.807, 2.05) is 24.3 Å². The van der Waals surface area contributed by atoms with Gasteiger partial charge in [0, 0.05) is 24.2 Å². The van der Waals surface area contributed by atoms with Gasteiger partial charge < -0.3 is 10.1 Å². The van der Waals surface area contributed by atoms with Crippen LogP contribution in [0.2, 0.25) is 0 Å². The summed E-state index contributed by atoms with van der Waals surface area (Å²) in [7, 11) is 3.04. The van der Waals surface area contributed by atoms with E-state index >= 15 is 0 Å². The van der Waals surface area contributed by atoms with E-state index in [0.29, 0.717) is 28.5 Å². The molecule has 29 heavy (non-hydrogen) atoms. The third-order valence-corrected chi connectivity index (χ3v) is 4.27. The summed E-state index contributed by atoms with van der Waals surface area (Å²) < 4.78 is 29.5. The number of carbonyl (C=O) groups excluding carboxylic acids is 1. The Hall–Kier alpha value is -3.34. The first-order valence-electron chi connectivity index (χ1n) is 8.37. The number of aromatic nitrogens is 2. The number of carbonyl (C=O) groups is 1. The molecule has 0 aliphatic rings. The van der Waals surface area contributed by atoms with Crippen LogP contribution in [0, 0.1) is 0 Å². The van der Waals surface area contributed by atoms with Crippen LogP contribution in [0.15, 0.2) is 60.9 Å². The van der Waals surface area contributed by atoms with E-state index in [-0.39, 0.29) is 0 Å². The minimum Gasteiger partial charge on any atom is -0.497 e. The van der Waals surface area contributed by atoms with Crippen LogP contribution in [-0.2, 0) is 15.6 Å². The van der Waals surface area contributed by atoms with Crippen molar-refractivity contribution in [2.24, 2.45) is 0 Å². The monoisotopic (exact) mass is 414 g/mol. The Morgan fingerprint density at radius 1 is 1.14 bits per heavy atom. The van der Waals surface area contributed by atoms with Crippen LogP contribution in [0.3, 0.4) is 0 Å². The van der Waals surface area contributed by atoms with Gasteiger partial charge in [-0.25, -0.2) is 15.0 Å². The van der Waals surface area contributed by atoms with Crippen molar-refractivity contribution in [2.45, 2.75) is 0 Å². The number of rotatable bonds is 7. The van der Waals surface area contributed by atoms with Crippen LogP contribution in [0.1, 0.15) is 10.4 Å². The molecule has 0 aliphatic carbocycles. The molecule has 1 aromatic heterocycles. The van der Waals surface area contributed by atoms with Crippen molar-refractivity contribution in [3.05, 3.63) is 66.5 Å².